The van der Waals surface area contributed by atoms with E-state index in [2.05, 4.69) is 5.10 Å². The van der Waals surface area contributed by atoms with E-state index in [-0.39, 0.29) is 12.4 Å². The summed E-state index contributed by atoms with van der Waals surface area (Å²) in [6.45, 7) is 0.197. The van der Waals surface area contributed by atoms with Gasteiger partial charge in [0.05, 0.1) is 5.69 Å². The summed E-state index contributed by atoms with van der Waals surface area (Å²) in [5.74, 6) is 0.0591. The molecule has 6 heteroatoms. The SMILES string of the molecule is NC1=NN(c2ccccc2)CC1[N+](=O)[O-]. The molecule has 1 aromatic carbocycles. The Labute approximate surface area is 86.1 Å². The molecule has 0 saturated heterocycles. The van der Waals surface area contributed by atoms with Crippen LogP contribution in [-0.4, -0.2) is 23.3 Å². The Morgan fingerprint density at radius 1 is 1.47 bits per heavy atom. The molecule has 1 aliphatic rings. The number of amidine groups is 1. The van der Waals surface area contributed by atoms with E-state index in [9.17, 15) is 10.1 Å². The van der Waals surface area contributed by atoms with Gasteiger partial charge in [-0.15, -0.1) is 0 Å². The first-order chi connectivity index (χ1) is 7.18. The Balaban J connectivity index is 2.20. The zero-order valence-electron chi connectivity index (χ0n) is 7.91. The molecular weight excluding hydrogens is 196 g/mol. The van der Waals surface area contributed by atoms with E-state index in [4.69, 9.17) is 5.73 Å². The lowest BCUT2D eigenvalue weighted by Gasteiger charge is -2.12. The molecule has 1 heterocycles. The van der Waals surface area contributed by atoms with E-state index in [0.717, 1.165) is 5.69 Å². The van der Waals surface area contributed by atoms with E-state index < -0.39 is 11.0 Å². The minimum Gasteiger partial charge on any atom is -0.380 e. The second kappa shape index (κ2) is 3.56. The summed E-state index contributed by atoms with van der Waals surface area (Å²) in [5, 5.41) is 16.1. The Hall–Kier alpha value is -2.11. The van der Waals surface area contributed by atoms with Gasteiger partial charge in [-0.05, 0) is 12.1 Å². The van der Waals surface area contributed by atoms with Crippen LogP contribution in [0.5, 0.6) is 0 Å². The second-order valence-electron chi connectivity index (χ2n) is 3.24. The summed E-state index contributed by atoms with van der Waals surface area (Å²) < 4.78 is 0. The molecule has 0 radical (unpaired) electrons. The van der Waals surface area contributed by atoms with Crippen LogP contribution in [0.25, 0.3) is 0 Å². The molecular formula is C9H10N4O2. The van der Waals surface area contributed by atoms with Crippen molar-refractivity contribution < 1.29 is 4.92 Å². The first-order valence-electron chi connectivity index (χ1n) is 4.48. The van der Waals surface area contributed by atoms with E-state index in [0.29, 0.717) is 0 Å². The zero-order valence-corrected chi connectivity index (χ0v) is 7.91. The Morgan fingerprint density at radius 2 is 2.13 bits per heavy atom. The van der Waals surface area contributed by atoms with Gasteiger partial charge in [-0.2, -0.15) is 5.10 Å². The van der Waals surface area contributed by atoms with Gasteiger partial charge in [0.15, 0.2) is 5.84 Å². The van der Waals surface area contributed by atoms with Crippen LogP contribution in [0.15, 0.2) is 35.4 Å². The van der Waals surface area contributed by atoms with Crippen LogP contribution >= 0.6 is 0 Å². The van der Waals surface area contributed by atoms with Gasteiger partial charge in [-0.25, -0.2) is 0 Å². The van der Waals surface area contributed by atoms with E-state index in [1.54, 1.807) is 5.01 Å². The number of hydrogen-bond donors (Lipinski definition) is 1. The summed E-state index contributed by atoms with van der Waals surface area (Å²) in [6.07, 6.45) is 0. The molecule has 0 saturated carbocycles. The highest BCUT2D eigenvalue weighted by atomic mass is 16.6. The first kappa shape index (κ1) is 9.45. The van der Waals surface area contributed by atoms with Crippen LogP contribution in [0.3, 0.4) is 0 Å². The molecule has 1 unspecified atom stereocenters. The topological polar surface area (TPSA) is 84.8 Å². The Kier molecular flexibility index (Phi) is 2.24. The number of nitrogens with two attached hydrogens (primary N) is 1. The number of para-hydroxylation sites is 1. The van der Waals surface area contributed by atoms with Gasteiger partial charge in [0.25, 0.3) is 6.04 Å². The van der Waals surface area contributed by atoms with Crippen LogP contribution in [0.1, 0.15) is 0 Å². The molecule has 0 amide bonds. The number of hydrogen-bond acceptors (Lipinski definition) is 5. The average molecular weight is 206 g/mol. The van der Waals surface area contributed by atoms with Crippen molar-refractivity contribution in [3.8, 4) is 0 Å². The van der Waals surface area contributed by atoms with Crippen molar-refractivity contribution in [1.82, 2.24) is 0 Å². The van der Waals surface area contributed by atoms with Gasteiger partial charge in [-0.3, -0.25) is 15.1 Å². The molecule has 1 aromatic rings. The smallest absolute Gasteiger partial charge is 0.290 e. The predicted octanol–water partition coefficient (Wildman–Crippen LogP) is 0.424. The van der Waals surface area contributed by atoms with Crippen LogP contribution < -0.4 is 10.7 Å². The van der Waals surface area contributed by atoms with Crippen LogP contribution in [0, 0.1) is 10.1 Å². The van der Waals surface area contributed by atoms with Crippen molar-refractivity contribution >= 4 is 11.5 Å². The zero-order chi connectivity index (χ0) is 10.8. The van der Waals surface area contributed by atoms with Crippen molar-refractivity contribution in [2.24, 2.45) is 10.8 Å². The fraction of sp³-hybridized carbons (Fsp3) is 0.222. The molecule has 1 atom stereocenters. The van der Waals surface area contributed by atoms with Gasteiger partial charge < -0.3 is 5.73 Å². The summed E-state index contributed by atoms with van der Waals surface area (Å²) in [4.78, 5) is 10.2. The summed E-state index contributed by atoms with van der Waals surface area (Å²) >= 11 is 0. The maximum atomic E-state index is 10.6. The maximum Gasteiger partial charge on any atom is 0.290 e. The fourth-order valence-corrected chi connectivity index (χ4v) is 1.44. The fourth-order valence-electron chi connectivity index (χ4n) is 1.44. The quantitative estimate of drug-likeness (QED) is 0.561. The third-order valence-electron chi connectivity index (χ3n) is 2.23. The van der Waals surface area contributed by atoms with E-state index in [1.807, 2.05) is 30.3 Å². The first-order valence-corrected chi connectivity index (χ1v) is 4.48. The van der Waals surface area contributed by atoms with Crippen molar-refractivity contribution in [2.75, 3.05) is 11.6 Å². The largest absolute Gasteiger partial charge is 0.380 e. The number of benzene rings is 1. The highest BCUT2D eigenvalue weighted by Crippen LogP contribution is 2.18. The molecule has 2 N–H and O–H groups in total. The molecule has 0 aliphatic carbocycles. The van der Waals surface area contributed by atoms with Gasteiger partial charge in [0.1, 0.15) is 6.54 Å². The normalized spacial score (nSPS) is 20.1. The van der Waals surface area contributed by atoms with Gasteiger partial charge in [0.2, 0.25) is 0 Å². The molecule has 6 nitrogen and oxygen atoms in total. The number of anilines is 1. The Bertz CT molecular complexity index is 404. The molecule has 78 valence electrons. The third-order valence-corrected chi connectivity index (χ3v) is 2.23. The lowest BCUT2D eigenvalue weighted by molar-refractivity contribution is -0.498. The van der Waals surface area contributed by atoms with Gasteiger partial charge >= 0.3 is 0 Å². The highest BCUT2D eigenvalue weighted by Gasteiger charge is 2.34. The standard InChI is InChI=1S/C9H10N4O2/c10-9-8(13(14)15)6-12(11-9)7-4-2-1-3-5-7/h1-5,8H,6H2,(H2,10,11). The lowest BCUT2D eigenvalue weighted by atomic mass is 10.3. The molecule has 0 spiro atoms. The summed E-state index contributed by atoms with van der Waals surface area (Å²) in [5.41, 5.74) is 6.28. The number of nitro groups is 1. The lowest BCUT2D eigenvalue weighted by Crippen LogP contribution is -2.36. The average Bonchev–Trinajstić information content (AvgIpc) is 2.62. The van der Waals surface area contributed by atoms with Crippen LogP contribution in [0.2, 0.25) is 0 Å². The van der Waals surface area contributed by atoms with Crippen molar-refractivity contribution in [3.05, 3.63) is 40.4 Å². The van der Waals surface area contributed by atoms with Crippen molar-refractivity contribution in [1.29, 1.82) is 0 Å². The number of nitrogens with zero attached hydrogens (tertiary/aromatic N) is 3. The van der Waals surface area contributed by atoms with Gasteiger partial charge in [-0.1, -0.05) is 18.2 Å². The van der Waals surface area contributed by atoms with Crippen LogP contribution in [0.4, 0.5) is 5.69 Å². The van der Waals surface area contributed by atoms with Crippen molar-refractivity contribution in [2.45, 2.75) is 6.04 Å². The maximum absolute atomic E-state index is 10.6. The third kappa shape index (κ3) is 1.74. The molecule has 15 heavy (non-hydrogen) atoms. The number of rotatable bonds is 2. The minimum atomic E-state index is -0.898. The Morgan fingerprint density at radius 3 is 2.67 bits per heavy atom. The minimum absolute atomic E-state index is 0.0591. The molecule has 0 bridgehead atoms. The second-order valence-corrected chi connectivity index (χ2v) is 3.24. The summed E-state index contributed by atoms with van der Waals surface area (Å²) in [6, 6.07) is 8.34. The number of hydrazone groups is 1. The monoisotopic (exact) mass is 206 g/mol. The van der Waals surface area contributed by atoms with E-state index >= 15 is 0 Å². The van der Waals surface area contributed by atoms with Crippen molar-refractivity contribution in [3.63, 3.8) is 0 Å². The van der Waals surface area contributed by atoms with Crippen LogP contribution in [-0.2, 0) is 0 Å². The predicted molar refractivity (Wildman–Crippen MR) is 56.2 cm³/mol. The molecule has 0 fully saturated rings. The van der Waals surface area contributed by atoms with Gasteiger partial charge in [0, 0.05) is 4.92 Å². The van der Waals surface area contributed by atoms with E-state index in [1.165, 1.54) is 0 Å². The highest BCUT2D eigenvalue weighted by molar-refractivity contribution is 5.88. The molecule has 2 rings (SSSR count). The molecule has 1 aliphatic heterocycles. The summed E-state index contributed by atoms with van der Waals surface area (Å²) in [7, 11) is 0. The molecule has 0 aromatic heterocycles.